The third-order valence-corrected chi connectivity index (χ3v) is 3.07. The fourth-order valence-corrected chi connectivity index (χ4v) is 2.35. The molecule has 4 N–H and O–H groups in total. The van der Waals surface area contributed by atoms with Crippen LogP contribution in [-0.4, -0.2) is 10.1 Å². The highest BCUT2D eigenvalue weighted by atomic mass is 14.9. The first-order valence-electron chi connectivity index (χ1n) is 5.97. The molecule has 0 aliphatic heterocycles. The molecule has 0 amide bonds. The summed E-state index contributed by atoms with van der Waals surface area (Å²) in [5.41, 5.74) is 14.5. The van der Waals surface area contributed by atoms with Crippen LogP contribution in [0, 0.1) is 0 Å². The first kappa shape index (κ1) is 12.1. The van der Waals surface area contributed by atoms with E-state index in [0.29, 0.717) is 0 Å². The van der Waals surface area contributed by atoms with Gasteiger partial charge in [0.15, 0.2) is 0 Å². The number of nitrogens with two attached hydrogens (primary N) is 2. The number of hydrogen-bond acceptors (Lipinski definition) is 2. The Balaban J connectivity index is 2.42. The molecule has 1 atom stereocenters. The highest BCUT2D eigenvalue weighted by Crippen LogP contribution is 2.28. The van der Waals surface area contributed by atoms with Gasteiger partial charge in [-0.1, -0.05) is 18.2 Å². The SMILES string of the molecule is Cn1cc(C(N)CC(C)(C)N)c2ccccc21. The van der Waals surface area contributed by atoms with Gasteiger partial charge in [0.05, 0.1) is 0 Å². The van der Waals surface area contributed by atoms with Crippen LogP contribution < -0.4 is 11.5 Å². The molecule has 0 bridgehead atoms. The first-order chi connectivity index (χ1) is 7.88. The van der Waals surface area contributed by atoms with Crippen LogP contribution in [0.4, 0.5) is 0 Å². The van der Waals surface area contributed by atoms with Gasteiger partial charge in [-0.25, -0.2) is 0 Å². The van der Waals surface area contributed by atoms with Crippen LogP contribution in [0.5, 0.6) is 0 Å². The van der Waals surface area contributed by atoms with Gasteiger partial charge in [-0.05, 0) is 31.9 Å². The van der Waals surface area contributed by atoms with Crippen molar-refractivity contribution in [1.29, 1.82) is 0 Å². The van der Waals surface area contributed by atoms with Crippen molar-refractivity contribution in [2.75, 3.05) is 0 Å². The summed E-state index contributed by atoms with van der Waals surface area (Å²) < 4.78 is 2.12. The highest BCUT2D eigenvalue weighted by Gasteiger charge is 2.20. The number of rotatable bonds is 3. The van der Waals surface area contributed by atoms with Crippen LogP contribution in [-0.2, 0) is 7.05 Å². The molecule has 0 saturated heterocycles. The van der Waals surface area contributed by atoms with Gasteiger partial charge < -0.3 is 16.0 Å². The number of aryl methyl sites for hydroxylation is 1. The van der Waals surface area contributed by atoms with E-state index in [0.717, 1.165) is 6.42 Å². The number of para-hydroxylation sites is 1. The van der Waals surface area contributed by atoms with E-state index in [2.05, 4.69) is 22.9 Å². The van der Waals surface area contributed by atoms with Crippen LogP contribution in [0.2, 0.25) is 0 Å². The van der Waals surface area contributed by atoms with Crippen molar-refractivity contribution in [2.45, 2.75) is 31.8 Å². The second kappa shape index (κ2) is 4.17. The molecule has 0 aliphatic rings. The van der Waals surface area contributed by atoms with E-state index in [9.17, 15) is 0 Å². The maximum Gasteiger partial charge on any atom is 0.0481 e. The molecule has 3 heteroatoms. The highest BCUT2D eigenvalue weighted by molar-refractivity contribution is 5.84. The lowest BCUT2D eigenvalue weighted by Crippen LogP contribution is -2.35. The number of benzene rings is 1. The lowest BCUT2D eigenvalue weighted by molar-refractivity contribution is 0.430. The monoisotopic (exact) mass is 231 g/mol. The van der Waals surface area contributed by atoms with Crippen LogP contribution in [0.1, 0.15) is 31.9 Å². The van der Waals surface area contributed by atoms with Crippen molar-refractivity contribution in [2.24, 2.45) is 18.5 Å². The molecular formula is C14H21N3. The second-order valence-electron chi connectivity index (χ2n) is 5.51. The summed E-state index contributed by atoms with van der Waals surface area (Å²) in [6.45, 7) is 4.02. The Morgan fingerprint density at radius 3 is 2.59 bits per heavy atom. The van der Waals surface area contributed by atoms with Gasteiger partial charge in [-0.3, -0.25) is 0 Å². The zero-order chi connectivity index (χ0) is 12.6. The molecule has 0 spiro atoms. The molecule has 3 nitrogen and oxygen atoms in total. The number of fused-ring (bicyclic) bond motifs is 1. The topological polar surface area (TPSA) is 57.0 Å². The standard InChI is InChI=1S/C14H21N3/c1-14(2,16)8-12(15)11-9-17(3)13-7-5-4-6-10(11)13/h4-7,9,12H,8,15-16H2,1-3H3. The van der Waals surface area contributed by atoms with Gasteiger partial charge in [-0.2, -0.15) is 0 Å². The molecular weight excluding hydrogens is 210 g/mol. The summed E-state index contributed by atoms with van der Waals surface area (Å²) in [6.07, 6.45) is 2.89. The van der Waals surface area contributed by atoms with E-state index < -0.39 is 0 Å². The Labute approximate surface area is 102 Å². The van der Waals surface area contributed by atoms with Crippen molar-refractivity contribution in [3.63, 3.8) is 0 Å². The van der Waals surface area contributed by atoms with Crippen molar-refractivity contribution in [1.82, 2.24) is 4.57 Å². The molecule has 1 unspecified atom stereocenters. The minimum Gasteiger partial charge on any atom is -0.350 e. The molecule has 0 fully saturated rings. The smallest absolute Gasteiger partial charge is 0.0481 e. The van der Waals surface area contributed by atoms with E-state index in [1.54, 1.807) is 0 Å². The summed E-state index contributed by atoms with van der Waals surface area (Å²) in [5, 5.41) is 1.23. The number of nitrogens with zero attached hydrogens (tertiary/aromatic N) is 1. The lowest BCUT2D eigenvalue weighted by atomic mass is 9.92. The van der Waals surface area contributed by atoms with E-state index in [1.165, 1.54) is 16.5 Å². The number of hydrogen-bond donors (Lipinski definition) is 2. The fraction of sp³-hybridized carbons (Fsp3) is 0.429. The average molecular weight is 231 g/mol. The Morgan fingerprint density at radius 2 is 1.94 bits per heavy atom. The summed E-state index contributed by atoms with van der Waals surface area (Å²) in [5.74, 6) is 0. The van der Waals surface area contributed by atoms with Gasteiger partial charge in [0, 0.05) is 35.7 Å². The molecule has 0 saturated carbocycles. The van der Waals surface area contributed by atoms with Crippen LogP contribution in [0.15, 0.2) is 30.5 Å². The minimum absolute atomic E-state index is 0.0129. The Kier molecular flexibility index (Phi) is 2.98. The average Bonchev–Trinajstić information content (AvgIpc) is 2.55. The van der Waals surface area contributed by atoms with Gasteiger partial charge in [0.25, 0.3) is 0 Å². The van der Waals surface area contributed by atoms with E-state index in [4.69, 9.17) is 11.5 Å². The molecule has 92 valence electrons. The van der Waals surface area contributed by atoms with Crippen LogP contribution in [0.3, 0.4) is 0 Å². The quantitative estimate of drug-likeness (QED) is 0.851. The van der Waals surface area contributed by atoms with Gasteiger partial charge in [-0.15, -0.1) is 0 Å². The Morgan fingerprint density at radius 1 is 1.29 bits per heavy atom. The Bertz CT molecular complexity index is 520. The van der Waals surface area contributed by atoms with Crippen LogP contribution in [0.25, 0.3) is 10.9 Å². The van der Waals surface area contributed by atoms with Gasteiger partial charge >= 0.3 is 0 Å². The molecule has 2 rings (SSSR count). The van der Waals surface area contributed by atoms with Gasteiger partial charge in [0.2, 0.25) is 0 Å². The van der Waals surface area contributed by atoms with Crippen LogP contribution >= 0.6 is 0 Å². The molecule has 1 aromatic carbocycles. The molecule has 1 aromatic heterocycles. The van der Waals surface area contributed by atoms with Crippen molar-refractivity contribution < 1.29 is 0 Å². The molecule has 1 heterocycles. The maximum absolute atomic E-state index is 6.27. The van der Waals surface area contributed by atoms with Crippen molar-refractivity contribution in [3.8, 4) is 0 Å². The zero-order valence-corrected chi connectivity index (χ0v) is 10.8. The summed E-state index contributed by atoms with van der Waals surface area (Å²) in [4.78, 5) is 0. The largest absolute Gasteiger partial charge is 0.350 e. The summed E-state index contributed by atoms with van der Waals surface area (Å²) in [7, 11) is 2.05. The normalized spacial score (nSPS) is 14.2. The minimum atomic E-state index is -0.240. The predicted molar refractivity (Wildman–Crippen MR) is 72.7 cm³/mol. The Hall–Kier alpha value is -1.32. The molecule has 0 aliphatic carbocycles. The van der Waals surface area contributed by atoms with E-state index in [1.807, 2.05) is 33.0 Å². The third kappa shape index (κ3) is 2.51. The molecule has 17 heavy (non-hydrogen) atoms. The summed E-state index contributed by atoms with van der Waals surface area (Å²) in [6, 6.07) is 8.31. The van der Waals surface area contributed by atoms with Crippen molar-refractivity contribution in [3.05, 3.63) is 36.0 Å². The fourth-order valence-electron chi connectivity index (χ4n) is 2.35. The maximum atomic E-state index is 6.27. The summed E-state index contributed by atoms with van der Waals surface area (Å²) >= 11 is 0. The zero-order valence-electron chi connectivity index (χ0n) is 10.8. The van der Waals surface area contributed by atoms with E-state index in [-0.39, 0.29) is 11.6 Å². The first-order valence-corrected chi connectivity index (χ1v) is 5.97. The third-order valence-electron chi connectivity index (χ3n) is 3.07. The number of aromatic nitrogens is 1. The predicted octanol–water partition coefficient (Wildman–Crippen LogP) is 2.31. The lowest BCUT2D eigenvalue weighted by Gasteiger charge is -2.23. The second-order valence-corrected chi connectivity index (χ2v) is 5.51. The van der Waals surface area contributed by atoms with Gasteiger partial charge in [0.1, 0.15) is 0 Å². The molecule has 0 radical (unpaired) electrons. The molecule has 2 aromatic rings. The van der Waals surface area contributed by atoms with Crippen molar-refractivity contribution >= 4 is 10.9 Å². The van der Waals surface area contributed by atoms with E-state index >= 15 is 0 Å².